The van der Waals surface area contributed by atoms with E-state index >= 15 is 0 Å². The van der Waals surface area contributed by atoms with Crippen molar-refractivity contribution in [3.63, 3.8) is 0 Å². The molecule has 164 valence electrons. The predicted octanol–water partition coefficient (Wildman–Crippen LogP) is 1.49. The number of ether oxygens (including phenoxy) is 1. The van der Waals surface area contributed by atoms with Gasteiger partial charge in [-0.2, -0.15) is 0 Å². The highest BCUT2D eigenvalue weighted by Crippen LogP contribution is 2.44. The molecule has 2 aromatic carbocycles. The first-order valence-corrected chi connectivity index (χ1v) is 10.3. The molecule has 0 fully saturated rings. The highest BCUT2D eigenvalue weighted by molar-refractivity contribution is 5.89. The van der Waals surface area contributed by atoms with Gasteiger partial charge in [0.25, 0.3) is 0 Å². The van der Waals surface area contributed by atoms with Crippen LogP contribution >= 0.6 is 0 Å². The Morgan fingerprint density at radius 3 is 2.03 bits per heavy atom. The summed E-state index contributed by atoms with van der Waals surface area (Å²) in [6.45, 7) is 3.75. The van der Waals surface area contributed by atoms with E-state index in [0.29, 0.717) is 0 Å². The lowest BCUT2D eigenvalue weighted by Gasteiger charge is -2.16. The summed E-state index contributed by atoms with van der Waals surface area (Å²) in [6.07, 6.45) is -0.547. The molecule has 1 aliphatic rings. The SMILES string of the molecule is C[C@H](N)C(=O)N[C@@H](C)C(=O)NCCNC(=O)OCC1c2ccccc2-c2ccccc21. The molecule has 0 spiro atoms. The molecule has 0 saturated heterocycles. The minimum Gasteiger partial charge on any atom is -0.449 e. The summed E-state index contributed by atoms with van der Waals surface area (Å²) in [4.78, 5) is 35.6. The zero-order valence-corrected chi connectivity index (χ0v) is 17.7. The topological polar surface area (TPSA) is 123 Å². The van der Waals surface area contributed by atoms with E-state index in [1.165, 1.54) is 18.1 Å². The van der Waals surface area contributed by atoms with E-state index in [-0.39, 0.29) is 31.5 Å². The van der Waals surface area contributed by atoms with E-state index < -0.39 is 24.1 Å². The van der Waals surface area contributed by atoms with Gasteiger partial charge < -0.3 is 26.4 Å². The fourth-order valence-electron chi connectivity index (χ4n) is 3.56. The van der Waals surface area contributed by atoms with Gasteiger partial charge in [-0.3, -0.25) is 9.59 Å². The second-order valence-electron chi connectivity index (χ2n) is 7.56. The molecule has 8 heteroatoms. The highest BCUT2D eigenvalue weighted by Gasteiger charge is 2.28. The van der Waals surface area contributed by atoms with Crippen molar-refractivity contribution >= 4 is 17.9 Å². The monoisotopic (exact) mass is 424 g/mol. The quantitative estimate of drug-likeness (QED) is 0.478. The van der Waals surface area contributed by atoms with Gasteiger partial charge in [0.1, 0.15) is 12.6 Å². The van der Waals surface area contributed by atoms with Crippen molar-refractivity contribution in [2.24, 2.45) is 5.73 Å². The Morgan fingerprint density at radius 1 is 0.903 bits per heavy atom. The Hall–Kier alpha value is -3.39. The predicted molar refractivity (Wildman–Crippen MR) is 117 cm³/mol. The molecule has 0 radical (unpaired) electrons. The van der Waals surface area contributed by atoms with Crippen molar-refractivity contribution in [3.05, 3.63) is 59.7 Å². The molecular formula is C23H28N4O4. The van der Waals surface area contributed by atoms with Gasteiger partial charge in [-0.1, -0.05) is 48.5 Å². The minimum absolute atomic E-state index is 0.00718. The maximum absolute atomic E-state index is 12.1. The van der Waals surface area contributed by atoms with Gasteiger partial charge in [-0.05, 0) is 36.1 Å². The number of carbonyl (C=O) groups excluding carboxylic acids is 3. The second kappa shape index (κ2) is 10.1. The van der Waals surface area contributed by atoms with Crippen LogP contribution < -0.4 is 21.7 Å². The van der Waals surface area contributed by atoms with Crippen molar-refractivity contribution < 1.29 is 19.1 Å². The van der Waals surface area contributed by atoms with E-state index in [2.05, 4.69) is 40.2 Å². The zero-order valence-electron chi connectivity index (χ0n) is 17.7. The van der Waals surface area contributed by atoms with Crippen LogP contribution in [0.5, 0.6) is 0 Å². The molecule has 0 aromatic heterocycles. The fraction of sp³-hybridized carbons (Fsp3) is 0.348. The lowest BCUT2D eigenvalue weighted by molar-refractivity contribution is -0.129. The molecule has 2 atom stereocenters. The number of hydrogen-bond acceptors (Lipinski definition) is 5. The van der Waals surface area contributed by atoms with Crippen molar-refractivity contribution in [2.75, 3.05) is 19.7 Å². The van der Waals surface area contributed by atoms with Crippen molar-refractivity contribution in [1.29, 1.82) is 0 Å². The van der Waals surface area contributed by atoms with Crippen LogP contribution in [0.3, 0.4) is 0 Å². The number of nitrogens with two attached hydrogens (primary N) is 1. The molecule has 3 rings (SSSR count). The Balaban J connectivity index is 1.42. The Labute approximate surface area is 181 Å². The molecule has 1 aliphatic carbocycles. The highest BCUT2D eigenvalue weighted by atomic mass is 16.5. The second-order valence-corrected chi connectivity index (χ2v) is 7.56. The number of hydrogen-bond donors (Lipinski definition) is 4. The molecule has 0 aliphatic heterocycles. The standard InChI is InChI=1S/C23H28N4O4/c1-14(24)21(28)27-15(2)22(29)25-11-12-26-23(30)31-13-20-18-9-5-3-7-16(18)17-8-4-6-10-19(17)20/h3-10,14-15,20H,11-13,24H2,1-2H3,(H,25,29)(H,26,30)(H,27,28)/t14-,15-/m0/s1. The first-order chi connectivity index (χ1) is 14.9. The number of benzene rings is 2. The van der Waals surface area contributed by atoms with Crippen LogP contribution in [0.4, 0.5) is 4.79 Å². The number of nitrogens with one attached hydrogen (secondary N) is 3. The van der Waals surface area contributed by atoms with Crippen LogP contribution in [0.2, 0.25) is 0 Å². The first-order valence-electron chi connectivity index (χ1n) is 10.3. The van der Waals surface area contributed by atoms with E-state index in [9.17, 15) is 14.4 Å². The van der Waals surface area contributed by atoms with Crippen molar-refractivity contribution in [2.45, 2.75) is 31.8 Å². The third-order valence-electron chi connectivity index (χ3n) is 5.20. The van der Waals surface area contributed by atoms with Crippen LogP contribution in [0, 0.1) is 0 Å². The molecule has 5 N–H and O–H groups in total. The van der Waals surface area contributed by atoms with Gasteiger partial charge in [0.2, 0.25) is 11.8 Å². The lowest BCUT2D eigenvalue weighted by Crippen LogP contribution is -2.50. The van der Waals surface area contributed by atoms with Gasteiger partial charge in [-0.15, -0.1) is 0 Å². The molecule has 0 saturated carbocycles. The average Bonchev–Trinajstić information content (AvgIpc) is 3.08. The summed E-state index contributed by atoms with van der Waals surface area (Å²) in [5, 5.41) is 7.77. The Morgan fingerprint density at radius 2 is 1.45 bits per heavy atom. The van der Waals surface area contributed by atoms with Crippen LogP contribution in [0.1, 0.15) is 30.9 Å². The Kier molecular flexibility index (Phi) is 7.25. The summed E-state index contributed by atoms with van der Waals surface area (Å²) >= 11 is 0. The molecular weight excluding hydrogens is 396 g/mol. The molecule has 31 heavy (non-hydrogen) atoms. The average molecular weight is 425 g/mol. The summed E-state index contributed by atoms with van der Waals surface area (Å²) in [6, 6.07) is 14.8. The van der Waals surface area contributed by atoms with Gasteiger partial charge in [-0.25, -0.2) is 4.79 Å². The molecule has 8 nitrogen and oxygen atoms in total. The van der Waals surface area contributed by atoms with E-state index in [0.717, 1.165) is 11.1 Å². The molecule has 0 bridgehead atoms. The normalized spacial score (nSPS) is 14.0. The van der Waals surface area contributed by atoms with Gasteiger partial charge in [0.05, 0.1) is 6.04 Å². The van der Waals surface area contributed by atoms with Gasteiger partial charge in [0.15, 0.2) is 0 Å². The molecule has 3 amide bonds. The molecule has 0 heterocycles. The number of amides is 3. The summed E-state index contributed by atoms with van der Waals surface area (Å²) < 4.78 is 5.44. The van der Waals surface area contributed by atoms with Gasteiger partial charge in [0, 0.05) is 19.0 Å². The maximum Gasteiger partial charge on any atom is 0.407 e. The third kappa shape index (κ3) is 5.40. The number of carbonyl (C=O) groups is 3. The zero-order chi connectivity index (χ0) is 22.4. The van der Waals surface area contributed by atoms with Crippen LogP contribution in [0.15, 0.2) is 48.5 Å². The molecule has 0 unspecified atom stereocenters. The summed E-state index contributed by atoms with van der Waals surface area (Å²) in [5.41, 5.74) is 10.1. The first kappa shape index (κ1) is 22.3. The largest absolute Gasteiger partial charge is 0.449 e. The van der Waals surface area contributed by atoms with E-state index in [1.807, 2.05) is 24.3 Å². The smallest absolute Gasteiger partial charge is 0.407 e. The van der Waals surface area contributed by atoms with Crippen molar-refractivity contribution in [3.8, 4) is 11.1 Å². The molecule has 2 aromatic rings. The van der Waals surface area contributed by atoms with Gasteiger partial charge >= 0.3 is 6.09 Å². The summed E-state index contributed by atoms with van der Waals surface area (Å²) in [5.74, 6) is -0.769. The third-order valence-corrected chi connectivity index (χ3v) is 5.20. The van der Waals surface area contributed by atoms with Crippen LogP contribution in [-0.4, -0.2) is 49.7 Å². The van der Waals surface area contributed by atoms with E-state index in [1.54, 1.807) is 6.92 Å². The minimum atomic E-state index is -0.715. The lowest BCUT2D eigenvalue weighted by atomic mass is 9.98. The van der Waals surface area contributed by atoms with Crippen LogP contribution in [0.25, 0.3) is 11.1 Å². The van der Waals surface area contributed by atoms with Crippen LogP contribution in [-0.2, 0) is 14.3 Å². The number of fused-ring (bicyclic) bond motifs is 3. The number of alkyl carbamates (subject to hydrolysis) is 1. The maximum atomic E-state index is 12.1. The number of rotatable bonds is 8. The fourth-order valence-corrected chi connectivity index (χ4v) is 3.56. The van der Waals surface area contributed by atoms with Crippen molar-refractivity contribution in [1.82, 2.24) is 16.0 Å². The Bertz CT molecular complexity index is 915. The summed E-state index contributed by atoms with van der Waals surface area (Å²) in [7, 11) is 0. The van der Waals surface area contributed by atoms with E-state index in [4.69, 9.17) is 10.5 Å².